The van der Waals surface area contributed by atoms with Crippen molar-refractivity contribution in [2.24, 2.45) is 23.5 Å². The highest BCUT2D eigenvalue weighted by Gasteiger charge is 2.72. The molecule has 3 aliphatic rings. The van der Waals surface area contributed by atoms with Crippen LogP contribution < -0.4 is 5.73 Å². The number of primary amides is 1. The summed E-state index contributed by atoms with van der Waals surface area (Å²) < 4.78 is 0. The van der Waals surface area contributed by atoms with Crippen molar-refractivity contribution in [1.82, 2.24) is 4.90 Å². The van der Waals surface area contributed by atoms with Gasteiger partial charge in [-0.3, -0.25) is 28.9 Å². The van der Waals surface area contributed by atoms with E-state index in [1.807, 2.05) is 0 Å². The number of phenols is 1. The molecule has 10 nitrogen and oxygen atoms in total. The van der Waals surface area contributed by atoms with Crippen molar-refractivity contribution in [3.63, 3.8) is 0 Å². The average Bonchev–Trinajstić information content (AvgIpc) is 2.67. The van der Waals surface area contributed by atoms with Crippen LogP contribution in [0.4, 0.5) is 0 Å². The number of fused-ring (bicyclic) bond motifs is 3. The molecule has 4 rings (SSSR count). The van der Waals surface area contributed by atoms with Crippen LogP contribution >= 0.6 is 11.8 Å². The van der Waals surface area contributed by atoms with Crippen LogP contribution in [0, 0.1) is 17.8 Å². The largest absolute Gasteiger partial charge is 0.507 e. The van der Waals surface area contributed by atoms with Crippen LogP contribution in [-0.4, -0.2) is 86.4 Å². The molecule has 0 aromatic heterocycles. The zero-order valence-electron chi connectivity index (χ0n) is 16.5. The van der Waals surface area contributed by atoms with E-state index < -0.39 is 69.8 Å². The first-order valence-electron chi connectivity index (χ1n) is 9.46. The number of carbonyl (C=O) groups is 5. The second-order valence-electron chi connectivity index (χ2n) is 8.23. The average molecular weight is 448 g/mol. The minimum Gasteiger partial charge on any atom is -0.507 e. The van der Waals surface area contributed by atoms with E-state index in [1.165, 1.54) is 37.2 Å². The van der Waals surface area contributed by atoms with Gasteiger partial charge < -0.3 is 21.1 Å². The second kappa shape index (κ2) is 6.95. The number of thioether (sulfide) groups is 1. The Morgan fingerprint density at radius 2 is 1.81 bits per heavy atom. The number of amides is 1. The zero-order valence-corrected chi connectivity index (χ0v) is 17.3. The Bertz CT molecular complexity index is 1060. The van der Waals surface area contributed by atoms with Gasteiger partial charge in [0, 0.05) is 4.90 Å². The summed E-state index contributed by atoms with van der Waals surface area (Å²) in [5.74, 6) is -11.5. The van der Waals surface area contributed by atoms with Gasteiger partial charge in [0.1, 0.15) is 5.75 Å². The number of phenolic OH excluding ortho intramolecular Hbond substituents is 1. The number of hydrogen-bond donors (Lipinski definition) is 4. The van der Waals surface area contributed by atoms with Gasteiger partial charge in [0.2, 0.25) is 5.91 Å². The van der Waals surface area contributed by atoms with E-state index in [4.69, 9.17) is 5.73 Å². The van der Waals surface area contributed by atoms with Crippen LogP contribution in [0.1, 0.15) is 10.4 Å². The van der Waals surface area contributed by atoms with Gasteiger partial charge in [0.25, 0.3) is 0 Å². The van der Waals surface area contributed by atoms with Crippen molar-refractivity contribution in [1.29, 1.82) is 0 Å². The number of nitrogens with zero attached hydrogens (tertiary/aromatic N) is 1. The van der Waals surface area contributed by atoms with Crippen molar-refractivity contribution in [2.45, 2.75) is 27.9 Å². The Morgan fingerprint density at radius 3 is 2.39 bits per heavy atom. The predicted octanol–water partition coefficient (Wildman–Crippen LogP) is -1.86. The summed E-state index contributed by atoms with van der Waals surface area (Å²) in [6, 6.07) is 2.92. The first-order valence-corrected chi connectivity index (χ1v) is 10.3. The first-order chi connectivity index (χ1) is 14.4. The molecule has 2 saturated carbocycles. The SMILES string of the molecule is CN(C)[C@@H]1C(=O)C(C(N)=O)C(=O)[C@@]2(O)C(=O)C3C(=O)c4c(O)cccc4SC3[C@H](O)C12. The lowest BCUT2D eigenvalue weighted by Crippen LogP contribution is -2.78. The predicted molar refractivity (Wildman–Crippen MR) is 105 cm³/mol. The van der Waals surface area contributed by atoms with Crippen molar-refractivity contribution in [3.8, 4) is 5.75 Å². The molecule has 4 unspecified atom stereocenters. The molecule has 1 amide bonds. The van der Waals surface area contributed by atoms with Gasteiger partial charge >= 0.3 is 0 Å². The van der Waals surface area contributed by atoms with Crippen LogP contribution in [0.2, 0.25) is 0 Å². The molecule has 1 aliphatic heterocycles. The smallest absolute Gasteiger partial charge is 0.235 e. The number of likely N-dealkylation sites (N-methyl/N-ethyl adjacent to an activating group) is 1. The van der Waals surface area contributed by atoms with E-state index in [9.17, 15) is 39.3 Å². The van der Waals surface area contributed by atoms with Gasteiger partial charge in [-0.2, -0.15) is 0 Å². The van der Waals surface area contributed by atoms with Crippen molar-refractivity contribution in [2.75, 3.05) is 14.1 Å². The minimum absolute atomic E-state index is 0.147. The van der Waals surface area contributed by atoms with Gasteiger partial charge in [0.05, 0.1) is 34.8 Å². The summed E-state index contributed by atoms with van der Waals surface area (Å²) in [7, 11) is 2.87. The van der Waals surface area contributed by atoms with Crippen molar-refractivity contribution >= 4 is 40.8 Å². The Labute approximate surface area is 180 Å². The van der Waals surface area contributed by atoms with Crippen LogP contribution in [0.3, 0.4) is 0 Å². The molecule has 0 spiro atoms. The van der Waals surface area contributed by atoms with Crippen LogP contribution in [0.15, 0.2) is 23.1 Å². The number of ketones is 4. The number of benzene rings is 1. The summed E-state index contributed by atoms with van der Waals surface area (Å²) in [4.78, 5) is 66.1. The molecule has 2 aliphatic carbocycles. The molecule has 0 bridgehead atoms. The Balaban J connectivity index is 1.92. The molecule has 11 heteroatoms. The molecule has 31 heavy (non-hydrogen) atoms. The highest BCUT2D eigenvalue weighted by atomic mass is 32.2. The molecule has 1 heterocycles. The molecular weight excluding hydrogens is 428 g/mol. The third kappa shape index (κ3) is 2.67. The van der Waals surface area contributed by atoms with Gasteiger partial charge in [0.15, 0.2) is 34.7 Å². The third-order valence-electron chi connectivity index (χ3n) is 6.36. The van der Waals surface area contributed by atoms with Crippen LogP contribution in [0.5, 0.6) is 5.75 Å². The van der Waals surface area contributed by atoms with E-state index >= 15 is 0 Å². The van der Waals surface area contributed by atoms with Crippen molar-refractivity contribution in [3.05, 3.63) is 23.8 Å². The highest BCUT2D eigenvalue weighted by Crippen LogP contribution is 2.53. The normalized spacial score (nSPS) is 37.3. The Hall–Kier alpha value is -2.60. The summed E-state index contributed by atoms with van der Waals surface area (Å²) in [5, 5.41) is 31.6. The standard InChI is InChI=1S/C20H20N2O8S/c1-22(2)12-11-15(26)16-9(13(24)8-6(23)4-3-5-7(8)31-16)17(27)20(11,30)18(28)10(14(12)25)19(21)29/h3-5,9-12,15-16,23,26,30H,1-2H3,(H2,21,29)/t9?,10?,11?,12-,15+,16?,20-/m0/s1. The molecule has 5 N–H and O–H groups in total. The molecule has 0 radical (unpaired) electrons. The highest BCUT2D eigenvalue weighted by molar-refractivity contribution is 8.00. The summed E-state index contributed by atoms with van der Waals surface area (Å²) in [6.07, 6.45) is -1.63. The molecular formula is C20H20N2O8S. The van der Waals surface area contributed by atoms with E-state index in [-0.39, 0.29) is 11.3 Å². The molecule has 2 fully saturated rings. The summed E-state index contributed by atoms with van der Waals surface area (Å²) in [5.41, 5.74) is 2.11. The second-order valence-corrected chi connectivity index (χ2v) is 9.45. The molecule has 0 saturated heterocycles. The van der Waals surface area contributed by atoms with E-state index in [0.717, 1.165) is 11.8 Å². The van der Waals surface area contributed by atoms with Crippen LogP contribution in [-0.2, 0) is 19.2 Å². The third-order valence-corrected chi connectivity index (χ3v) is 7.78. The lowest BCUT2D eigenvalue weighted by molar-refractivity contribution is -0.188. The molecule has 164 valence electrons. The van der Waals surface area contributed by atoms with Gasteiger partial charge in [-0.15, -0.1) is 11.8 Å². The number of aliphatic hydroxyl groups excluding tert-OH is 1. The Kier molecular flexibility index (Phi) is 4.85. The molecule has 7 atom stereocenters. The lowest BCUT2D eigenvalue weighted by atomic mass is 9.55. The van der Waals surface area contributed by atoms with Gasteiger partial charge in [-0.05, 0) is 26.2 Å². The van der Waals surface area contributed by atoms with E-state index in [1.54, 1.807) is 0 Å². The monoisotopic (exact) mass is 448 g/mol. The quantitative estimate of drug-likeness (QED) is 0.375. The summed E-state index contributed by atoms with van der Waals surface area (Å²) >= 11 is 0.953. The maximum Gasteiger partial charge on any atom is 0.235 e. The fraction of sp³-hybridized carbons (Fsp3) is 0.450. The van der Waals surface area contributed by atoms with Crippen LogP contribution in [0.25, 0.3) is 0 Å². The van der Waals surface area contributed by atoms with Gasteiger partial charge in [-0.1, -0.05) is 6.07 Å². The number of Topliss-reactive ketones (excluding diaryl/α,β-unsaturated/α-hetero) is 4. The maximum absolute atomic E-state index is 13.5. The topological polar surface area (TPSA) is 175 Å². The number of aromatic hydroxyl groups is 1. The minimum atomic E-state index is -2.97. The number of rotatable bonds is 2. The van der Waals surface area contributed by atoms with E-state index in [2.05, 4.69) is 0 Å². The Morgan fingerprint density at radius 1 is 1.16 bits per heavy atom. The fourth-order valence-corrected chi connectivity index (χ4v) is 6.48. The number of nitrogens with two attached hydrogens (primary N) is 1. The van der Waals surface area contributed by atoms with Gasteiger partial charge in [-0.25, -0.2) is 0 Å². The number of aliphatic hydroxyl groups is 2. The molecule has 1 aromatic carbocycles. The first kappa shape index (κ1) is 21.6. The number of hydrogen-bond acceptors (Lipinski definition) is 10. The summed E-state index contributed by atoms with van der Waals surface area (Å²) in [6.45, 7) is 0. The van der Waals surface area contributed by atoms with Crippen molar-refractivity contribution < 1.29 is 39.3 Å². The number of carbonyl (C=O) groups excluding carboxylic acids is 5. The maximum atomic E-state index is 13.5. The van der Waals surface area contributed by atoms with E-state index in [0.29, 0.717) is 4.90 Å². The zero-order chi connectivity index (χ0) is 23.0. The lowest BCUT2D eigenvalue weighted by Gasteiger charge is -2.54. The molecule has 1 aromatic rings. The fourth-order valence-electron chi connectivity index (χ4n) is 5.02.